The summed E-state index contributed by atoms with van der Waals surface area (Å²) in [6, 6.07) is 3.04. The molecule has 0 spiro atoms. The average molecular weight is 496 g/mol. The molecule has 0 amide bonds. The van der Waals surface area contributed by atoms with Crippen molar-refractivity contribution in [1.29, 1.82) is 0 Å². The zero-order valence-electron chi connectivity index (χ0n) is 20.9. The summed E-state index contributed by atoms with van der Waals surface area (Å²) in [5.74, 6) is -1.27. The first-order valence-corrected chi connectivity index (χ1v) is 12.3. The number of aliphatic hydroxyl groups is 1. The van der Waals surface area contributed by atoms with Gasteiger partial charge in [0.1, 0.15) is 23.8 Å². The summed E-state index contributed by atoms with van der Waals surface area (Å²) in [7, 11) is 0. The molecule has 0 saturated carbocycles. The molecule has 0 saturated heterocycles. The van der Waals surface area contributed by atoms with Crippen LogP contribution in [-0.2, 0) is 34.8 Å². The van der Waals surface area contributed by atoms with Crippen LogP contribution in [0.5, 0.6) is 5.75 Å². The fourth-order valence-corrected chi connectivity index (χ4v) is 5.43. The minimum absolute atomic E-state index is 0.145. The lowest BCUT2D eigenvalue weighted by molar-refractivity contribution is -0.149. The largest absolute Gasteiger partial charge is 0.507 e. The van der Waals surface area contributed by atoms with Crippen LogP contribution in [0.15, 0.2) is 16.9 Å². The van der Waals surface area contributed by atoms with Crippen molar-refractivity contribution in [1.82, 2.24) is 14.5 Å². The third-order valence-corrected chi connectivity index (χ3v) is 7.79. The summed E-state index contributed by atoms with van der Waals surface area (Å²) in [5.41, 5.74) is 1.77. The molecule has 0 aliphatic carbocycles. The van der Waals surface area contributed by atoms with E-state index in [0.29, 0.717) is 34.4 Å². The maximum atomic E-state index is 14.7. The lowest BCUT2D eigenvalue weighted by atomic mass is 9.85. The number of rotatable bonds is 5. The van der Waals surface area contributed by atoms with Crippen molar-refractivity contribution in [2.24, 2.45) is 0 Å². The molecule has 2 aromatic heterocycles. The lowest BCUT2D eigenvalue weighted by Gasteiger charge is -2.26. The number of hydrogen-bond acceptors (Lipinski definition) is 7. The van der Waals surface area contributed by atoms with E-state index in [-0.39, 0.29) is 48.4 Å². The number of halogens is 1. The van der Waals surface area contributed by atoms with Crippen molar-refractivity contribution in [2.75, 3.05) is 13.1 Å². The molecule has 2 aliphatic rings. The number of nitrogens with zero attached hydrogens (tertiary/aromatic N) is 3. The Labute approximate surface area is 208 Å². The molecule has 3 aromatic rings. The molecule has 0 bridgehead atoms. The van der Waals surface area contributed by atoms with Gasteiger partial charge in [-0.25, -0.2) is 9.37 Å². The number of hydrogen-bond donors (Lipinski definition) is 2. The number of esters is 1. The van der Waals surface area contributed by atoms with E-state index in [1.807, 2.05) is 13.8 Å². The fraction of sp³-hybridized carbons (Fsp3) is 0.444. The van der Waals surface area contributed by atoms with E-state index in [4.69, 9.17) is 9.72 Å². The molecule has 1 atom stereocenters. The number of fused-ring (bicyclic) bond motifs is 5. The average Bonchev–Trinajstić information content (AvgIpc) is 3.16. The van der Waals surface area contributed by atoms with Crippen molar-refractivity contribution in [3.8, 4) is 17.1 Å². The first kappa shape index (κ1) is 24.4. The Morgan fingerprint density at radius 3 is 2.58 bits per heavy atom. The van der Waals surface area contributed by atoms with Crippen LogP contribution in [0.3, 0.4) is 0 Å². The molecule has 5 rings (SSSR count). The summed E-state index contributed by atoms with van der Waals surface area (Å²) in [4.78, 5) is 32.7. The summed E-state index contributed by atoms with van der Waals surface area (Å²) in [6.07, 6.45) is -0.0233. The molecule has 4 heterocycles. The predicted octanol–water partition coefficient (Wildman–Crippen LogP) is 3.46. The van der Waals surface area contributed by atoms with E-state index < -0.39 is 17.4 Å². The molecular formula is C27H30FN3O5. The van der Waals surface area contributed by atoms with Gasteiger partial charge in [0, 0.05) is 29.1 Å². The van der Waals surface area contributed by atoms with E-state index in [0.717, 1.165) is 24.2 Å². The van der Waals surface area contributed by atoms with Crippen molar-refractivity contribution in [3.63, 3.8) is 0 Å². The van der Waals surface area contributed by atoms with Gasteiger partial charge in [0.2, 0.25) is 0 Å². The normalized spacial score (nSPS) is 18.7. The van der Waals surface area contributed by atoms with Crippen LogP contribution >= 0.6 is 0 Å². The van der Waals surface area contributed by atoms with Crippen molar-refractivity contribution in [2.45, 2.75) is 65.8 Å². The third kappa shape index (κ3) is 3.52. The quantitative estimate of drug-likeness (QED) is 0.409. The van der Waals surface area contributed by atoms with Gasteiger partial charge in [-0.15, -0.1) is 0 Å². The van der Waals surface area contributed by atoms with E-state index in [1.165, 1.54) is 13.0 Å². The van der Waals surface area contributed by atoms with Crippen LogP contribution in [0.25, 0.3) is 22.3 Å². The lowest BCUT2D eigenvalue weighted by Crippen LogP contribution is -2.32. The van der Waals surface area contributed by atoms with Crippen LogP contribution in [0.1, 0.15) is 61.4 Å². The zero-order chi connectivity index (χ0) is 25.9. The van der Waals surface area contributed by atoms with E-state index in [9.17, 15) is 24.2 Å². The van der Waals surface area contributed by atoms with Crippen molar-refractivity contribution in [3.05, 3.63) is 56.1 Å². The maximum Gasteiger partial charge on any atom is 0.309 e. The highest BCUT2D eigenvalue weighted by Gasteiger charge is 2.40. The molecule has 2 N–H and O–H groups in total. The monoisotopic (exact) mass is 495 g/mol. The van der Waals surface area contributed by atoms with Gasteiger partial charge in [0.25, 0.3) is 5.56 Å². The molecule has 36 heavy (non-hydrogen) atoms. The number of aromatic nitrogens is 2. The first-order valence-electron chi connectivity index (χ1n) is 12.3. The van der Waals surface area contributed by atoms with E-state index >= 15 is 0 Å². The maximum absolute atomic E-state index is 14.7. The number of phenolic OH excluding ortho intramolecular Hbond substituents is 1. The first-order chi connectivity index (χ1) is 17.1. The number of pyridine rings is 2. The van der Waals surface area contributed by atoms with E-state index in [1.54, 1.807) is 17.6 Å². The number of carbonyl (C=O) groups excluding carboxylic acids is 1. The highest BCUT2D eigenvalue weighted by atomic mass is 19.1. The van der Waals surface area contributed by atoms with Gasteiger partial charge in [-0.1, -0.05) is 20.8 Å². The van der Waals surface area contributed by atoms with Gasteiger partial charge >= 0.3 is 5.97 Å². The van der Waals surface area contributed by atoms with Crippen molar-refractivity contribution < 1.29 is 24.1 Å². The van der Waals surface area contributed by atoms with E-state index in [2.05, 4.69) is 4.90 Å². The molecule has 1 aromatic carbocycles. The van der Waals surface area contributed by atoms with Gasteiger partial charge in [0.05, 0.1) is 35.4 Å². The van der Waals surface area contributed by atoms with Crippen LogP contribution in [0, 0.1) is 12.7 Å². The van der Waals surface area contributed by atoms with Crippen LogP contribution in [0.4, 0.5) is 4.39 Å². The van der Waals surface area contributed by atoms with Gasteiger partial charge in [-0.2, -0.15) is 0 Å². The van der Waals surface area contributed by atoms with Crippen LogP contribution in [-0.4, -0.2) is 43.7 Å². The molecule has 1 unspecified atom stereocenters. The molecule has 8 nitrogen and oxygen atoms in total. The van der Waals surface area contributed by atoms with Crippen molar-refractivity contribution >= 4 is 16.9 Å². The Bertz CT molecular complexity index is 1480. The predicted molar refractivity (Wildman–Crippen MR) is 132 cm³/mol. The second-order valence-corrected chi connectivity index (χ2v) is 9.64. The molecule has 0 fully saturated rings. The SMILES string of the molecule is CCN(CC)Cc1c2c(nc3cc(F)c(C)c(O)c13)-c1cc3c(c(=O)n1C2)COC(=O)CC3(O)CC. The molecule has 0 radical (unpaired) electrons. The molecule has 190 valence electrons. The highest BCUT2D eigenvalue weighted by Crippen LogP contribution is 2.43. The van der Waals surface area contributed by atoms with Gasteiger partial charge in [-0.05, 0) is 43.6 Å². The highest BCUT2D eigenvalue weighted by molar-refractivity contribution is 5.93. The summed E-state index contributed by atoms with van der Waals surface area (Å²) in [5, 5.41) is 22.8. The molecule has 2 aliphatic heterocycles. The van der Waals surface area contributed by atoms with Gasteiger partial charge < -0.3 is 19.5 Å². The Hall–Kier alpha value is -3.30. The zero-order valence-corrected chi connectivity index (χ0v) is 20.9. The number of ether oxygens (including phenoxy) is 1. The number of carbonyl (C=O) groups is 1. The Morgan fingerprint density at radius 1 is 1.19 bits per heavy atom. The van der Waals surface area contributed by atoms with Gasteiger partial charge in [-0.3, -0.25) is 14.5 Å². The molecular weight excluding hydrogens is 465 g/mol. The second-order valence-electron chi connectivity index (χ2n) is 9.64. The topological polar surface area (TPSA) is 105 Å². The number of benzene rings is 1. The molecule has 9 heteroatoms. The standard InChI is InChI=1S/C27H30FN3O5/c1-5-27(35)10-22(32)36-13-17-18(27)8-21-24-16(12-31(21)26(17)34)15(11-30(6-2)7-3)23-20(29-24)9-19(28)14(4)25(23)33/h8-9,33,35H,5-7,10-13H2,1-4H3. The minimum Gasteiger partial charge on any atom is -0.507 e. The second kappa shape index (κ2) is 8.67. The summed E-state index contributed by atoms with van der Waals surface area (Å²) in [6.45, 7) is 9.40. The smallest absolute Gasteiger partial charge is 0.309 e. The van der Waals surface area contributed by atoms with Crippen LogP contribution in [0.2, 0.25) is 0 Å². The summed E-state index contributed by atoms with van der Waals surface area (Å²) >= 11 is 0. The number of phenols is 1. The van der Waals surface area contributed by atoms with Crippen LogP contribution < -0.4 is 5.56 Å². The van der Waals surface area contributed by atoms with Gasteiger partial charge in [0.15, 0.2) is 0 Å². The Balaban J connectivity index is 1.83. The third-order valence-electron chi connectivity index (χ3n) is 7.79. The fourth-order valence-electron chi connectivity index (χ4n) is 5.43. The summed E-state index contributed by atoms with van der Waals surface area (Å²) < 4.78 is 21.5. The number of aromatic hydroxyl groups is 1. The Morgan fingerprint density at radius 2 is 1.92 bits per heavy atom. The Kier molecular flexibility index (Phi) is 5.88. The number of cyclic esters (lactones) is 1. The minimum atomic E-state index is -1.54.